The number of pyridine rings is 1. The van der Waals surface area contributed by atoms with Gasteiger partial charge in [0, 0.05) is 6.54 Å². The fourth-order valence-electron chi connectivity index (χ4n) is 3.12. The molecule has 1 saturated heterocycles. The average Bonchev–Trinajstić information content (AvgIpc) is 2.48. The van der Waals surface area contributed by atoms with E-state index in [1.165, 1.54) is 0 Å². The minimum Gasteiger partial charge on any atom is -0.383 e. The first kappa shape index (κ1) is 13.3. The van der Waals surface area contributed by atoms with E-state index in [1.54, 1.807) is 4.90 Å². The van der Waals surface area contributed by atoms with Crippen LogP contribution in [0.2, 0.25) is 0 Å². The Hall–Kier alpha value is -1.69. The molecule has 2 unspecified atom stereocenters. The van der Waals surface area contributed by atoms with Gasteiger partial charge in [-0.1, -0.05) is 12.8 Å². The van der Waals surface area contributed by atoms with Crippen molar-refractivity contribution in [3.05, 3.63) is 23.6 Å². The molecule has 2 fully saturated rings. The highest BCUT2D eigenvalue weighted by molar-refractivity contribution is 5.98. The summed E-state index contributed by atoms with van der Waals surface area (Å²) < 4.78 is 19.0. The van der Waals surface area contributed by atoms with Gasteiger partial charge in [0.05, 0.1) is 30.5 Å². The molecule has 2 atom stereocenters. The number of nitrogens with two attached hydrogens (primary N) is 1. The van der Waals surface area contributed by atoms with Gasteiger partial charge in [0.2, 0.25) is 0 Å². The Morgan fingerprint density at radius 2 is 2.25 bits per heavy atom. The van der Waals surface area contributed by atoms with Crippen LogP contribution in [-0.2, 0) is 4.74 Å². The van der Waals surface area contributed by atoms with Gasteiger partial charge in [0.25, 0.3) is 5.91 Å². The van der Waals surface area contributed by atoms with E-state index in [0.29, 0.717) is 13.2 Å². The third kappa shape index (κ3) is 2.35. The molecule has 6 heteroatoms. The molecule has 2 aliphatic rings. The van der Waals surface area contributed by atoms with E-state index in [9.17, 15) is 9.18 Å². The Morgan fingerprint density at radius 1 is 1.45 bits per heavy atom. The van der Waals surface area contributed by atoms with Gasteiger partial charge in [0.15, 0.2) is 0 Å². The molecule has 1 amide bonds. The SMILES string of the molecule is Nc1ncc(F)cc1C(=O)N1CCOC2CCCCC21. The maximum atomic E-state index is 13.3. The van der Waals surface area contributed by atoms with E-state index in [4.69, 9.17) is 10.5 Å². The number of halogens is 1. The van der Waals surface area contributed by atoms with Crippen molar-refractivity contribution in [1.29, 1.82) is 0 Å². The van der Waals surface area contributed by atoms with E-state index in [0.717, 1.165) is 37.9 Å². The quantitative estimate of drug-likeness (QED) is 0.847. The lowest BCUT2D eigenvalue weighted by molar-refractivity contribution is -0.0752. The molecular weight excluding hydrogens is 261 g/mol. The normalized spacial score (nSPS) is 26.1. The molecule has 0 bridgehead atoms. The summed E-state index contributed by atoms with van der Waals surface area (Å²) in [5, 5.41) is 0. The molecule has 5 nitrogen and oxygen atoms in total. The minimum atomic E-state index is -0.545. The number of carbonyl (C=O) groups is 1. The van der Waals surface area contributed by atoms with Crippen LogP contribution in [0.1, 0.15) is 36.0 Å². The van der Waals surface area contributed by atoms with Crippen LogP contribution in [0.25, 0.3) is 0 Å². The Kier molecular flexibility index (Phi) is 3.56. The zero-order valence-electron chi connectivity index (χ0n) is 11.2. The topological polar surface area (TPSA) is 68.5 Å². The second-order valence-corrected chi connectivity index (χ2v) is 5.35. The first-order chi connectivity index (χ1) is 9.66. The molecule has 0 aromatic carbocycles. The predicted octanol–water partition coefficient (Wildman–Crippen LogP) is 1.59. The van der Waals surface area contributed by atoms with E-state index in [-0.39, 0.29) is 29.4 Å². The number of nitrogen functional groups attached to an aromatic ring is 1. The number of anilines is 1. The standard InChI is InChI=1S/C14H18FN3O2/c15-9-7-10(13(16)17-8-9)14(19)18-5-6-20-12-4-2-1-3-11(12)18/h7-8,11-12H,1-6H2,(H2,16,17). The van der Waals surface area contributed by atoms with Gasteiger partial charge in [-0.05, 0) is 18.9 Å². The lowest BCUT2D eigenvalue weighted by Gasteiger charge is -2.43. The molecule has 0 spiro atoms. The number of hydrogen-bond acceptors (Lipinski definition) is 4. The van der Waals surface area contributed by atoms with Crippen LogP contribution in [0.4, 0.5) is 10.2 Å². The van der Waals surface area contributed by atoms with Crippen molar-refractivity contribution in [1.82, 2.24) is 9.88 Å². The third-order valence-corrected chi connectivity index (χ3v) is 4.11. The Labute approximate surface area is 116 Å². The number of carbonyl (C=O) groups excluding carboxylic acids is 1. The fourth-order valence-corrected chi connectivity index (χ4v) is 3.12. The van der Waals surface area contributed by atoms with Crippen molar-refractivity contribution in [3.63, 3.8) is 0 Å². The average molecular weight is 279 g/mol. The third-order valence-electron chi connectivity index (χ3n) is 4.11. The lowest BCUT2D eigenvalue weighted by atomic mass is 9.89. The number of morpholine rings is 1. The van der Waals surface area contributed by atoms with Gasteiger partial charge in [-0.2, -0.15) is 0 Å². The number of ether oxygens (including phenoxy) is 1. The molecule has 0 radical (unpaired) electrons. The van der Waals surface area contributed by atoms with E-state index in [1.807, 2.05) is 0 Å². The summed E-state index contributed by atoms with van der Waals surface area (Å²) in [4.78, 5) is 18.1. The largest absolute Gasteiger partial charge is 0.383 e. The molecule has 1 aromatic rings. The molecule has 3 rings (SSSR count). The van der Waals surface area contributed by atoms with Crippen LogP contribution >= 0.6 is 0 Å². The molecule has 2 heterocycles. The molecule has 2 N–H and O–H groups in total. The van der Waals surface area contributed by atoms with E-state index >= 15 is 0 Å². The van der Waals surface area contributed by atoms with Crippen LogP contribution in [0, 0.1) is 5.82 Å². The predicted molar refractivity (Wildman–Crippen MR) is 71.6 cm³/mol. The zero-order chi connectivity index (χ0) is 14.1. The summed E-state index contributed by atoms with van der Waals surface area (Å²) in [6, 6.07) is 1.24. The molecular formula is C14H18FN3O2. The molecule has 20 heavy (non-hydrogen) atoms. The molecule has 1 aromatic heterocycles. The van der Waals surface area contributed by atoms with Gasteiger partial charge in [0.1, 0.15) is 11.6 Å². The number of rotatable bonds is 1. The van der Waals surface area contributed by atoms with Gasteiger partial charge < -0.3 is 15.4 Å². The lowest BCUT2D eigenvalue weighted by Crippen LogP contribution is -2.54. The second kappa shape index (κ2) is 5.36. The summed E-state index contributed by atoms with van der Waals surface area (Å²) in [6.07, 6.45) is 5.25. The van der Waals surface area contributed by atoms with Crippen LogP contribution in [0.3, 0.4) is 0 Å². The summed E-state index contributed by atoms with van der Waals surface area (Å²) >= 11 is 0. The van der Waals surface area contributed by atoms with Crippen molar-refractivity contribution < 1.29 is 13.9 Å². The number of nitrogens with zero attached hydrogens (tertiary/aromatic N) is 2. The molecule has 1 aliphatic carbocycles. The fraction of sp³-hybridized carbons (Fsp3) is 0.571. The van der Waals surface area contributed by atoms with Crippen LogP contribution in [0.5, 0.6) is 0 Å². The maximum Gasteiger partial charge on any atom is 0.258 e. The number of hydrogen-bond donors (Lipinski definition) is 1. The Morgan fingerprint density at radius 3 is 3.10 bits per heavy atom. The van der Waals surface area contributed by atoms with Gasteiger partial charge in [-0.25, -0.2) is 9.37 Å². The van der Waals surface area contributed by atoms with Crippen LogP contribution in [0.15, 0.2) is 12.3 Å². The molecule has 1 saturated carbocycles. The van der Waals surface area contributed by atoms with Crippen molar-refractivity contribution in [2.45, 2.75) is 37.8 Å². The van der Waals surface area contributed by atoms with Gasteiger partial charge in [-0.15, -0.1) is 0 Å². The first-order valence-electron chi connectivity index (χ1n) is 7.00. The zero-order valence-corrected chi connectivity index (χ0v) is 11.2. The Bertz CT molecular complexity index is 521. The van der Waals surface area contributed by atoms with Crippen LogP contribution < -0.4 is 5.73 Å². The highest BCUT2D eigenvalue weighted by Crippen LogP contribution is 2.30. The van der Waals surface area contributed by atoms with E-state index in [2.05, 4.69) is 4.98 Å². The Balaban J connectivity index is 1.87. The smallest absolute Gasteiger partial charge is 0.258 e. The van der Waals surface area contributed by atoms with Gasteiger partial charge in [-0.3, -0.25) is 4.79 Å². The second-order valence-electron chi connectivity index (χ2n) is 5.35. The van der Waals surface area contributed by atoms with Gasteiger partial charge >= 0.3 is 0 Å². The number of aromatic nitrogens is 1. The van der Waals surface area contributed by atoms with Crippen molar-refractivity contribution in [3.8, 4) is 0 Å². The van der Waals surface area contributed by atoms with Crippen molar-refractivity contribution >= 4 is 11.7 Å². The minimum absolute atomic E-state index is 0.0765. The number of amides is 1. The summed E-state index contributed by atoms with van der Waals surface area (Å²) in [6.45, 7) is 1.05. The summed E-state index contributed by atoms with van der Waals surface area (Å²) in [5.41, 5.74) is 5.86. The molecule has 108 valence electrons. The highest BCUT2D eigenvalue weighted by atomic mass is 19.1. The first-order valence-corrected chi connectivity index (χ1v) is 7.00. The summed E-state index contributed by atoms with van der Waals surface area (Å²) in [5.74, 6) is -0.707. The molecule has 1 aliphatic heterocycles. The van der Waals surface area contributed by atoms with E-state index < -0.39 is 5.82 Å². The summed E-state index contributed by atoms with van der Waals surface area (Å²) in [7, 11) is 0. The highest BCUT2D eigenvalue weighted by Gasteiger charge is 2.37. The van der Waals surface area contributed by atoms with Crippen molar-refractivity contribution in [2.75, 3.05) is 18.9 Å². The maximum absolute atomic E-state index is 13.3. The van der Waals surface area contributed by atoms with Crippen molar-refractivity contribution in [2.24, 2.45) is 0 Å². The monoisotopic (exact) mass is 279 g/mol. The number of fused-ring (bicyclic) bond motifs is 1. The van der Waals surface area contributed by atoms with Crippen LogP contribution in [-0.4, -0.2) is 41.1 Å².